The molecule has 0 fully saturated rings. The molecule has 0 amide bonds. The lowest BCUT2D eigenvalue weighted by Gasteiger charge is -2.24. The molecule has 0 N–H and O–H groups in total. The number of rotatable bonds is 4. The molecule has 3 heteroatoms. The van der Waals surface area contributed by atoms with Gasteiger partial charge < -0.3 is 9.22 Å². The maximum atomic E-state index is 5.44. The highest BCUT2D eigenvalue weighted by atomic mass is 31.1. The van der Waals surface area contributed by atoms with Crippen molar-refractivity contribution in [3.8, 4) is 0 Å². The Labute approximate surface area is 69.9 Å². The number of nitrogens with zero attached hydrogens (tertiary/aromatic N) is 1. The van der Waals surface area contributed by atoms with Crippen molar-refractivity contribution in [2.24, 2.45) is 0 Å². The van der Waals surface area contributed by atoms with Gasteiger partial charge in [-0.1, -0.05) is 8.20 Å². The van der Waals surface area contributed by atoms with Gasteiger partial charge in [-0.3, -0.25) is 0 Å². The average molecular weight is 172 g/mol. The highest BCUT2D eigenvalue weighted by Crippen LogP contribution is 2.15. The van der Waals surface area contributed by atoms with Gasteiger partial charge in [0.15, 0.2) is 0 Å². The minimum atomic E-state index is 0.821. The molecule has 62 valence electrons. The monoisotopic (exact) mass is 172 g/mol. The van der Waals surface area contributed by atoms with Crippen molar-refractivity contribution in [3.05, 3.63) is 11.6 Å². The second-order valence-corrected chi connectivity index (χ2v) is 4.49. The lowest BCUT2D eigenvalue weighted by Crippen LogP contribution is -2.37. The van der Waals surface area contributed by atoms with Gasteiger partial charge in [-0.25, -0.2) is 0 Å². The highest BCUT2D eigenvalue weighted by molar-refractivity contribution is 7.45. The Bertz CT molecular complexity index is 191. The van der Waals surface area contributed by atoms with Crippen LogP contribution in [0.15, 0.2) is 11.6 Å². The molecule has 11 heavy (non-hydrogen) atoms. The second kappa shape index (κ2) is 3.38. The van der Waals surface area contributed by atoms with Crippen LogP contribution in [0.5, 0.6) is 0 Å². The molecular formula is C8H15NOP+. The summed E-state index contributed by atoms with van der Waals surface area (Å²) in [4.78, 5) is 0. The molecule has 0 aromatic rings. The van der Waals surface area contributed by atoms with Crippen molar-refractivity contribution in [2.45, 2.75) is 0 Å². The van der Waals surface area contributed by atoms with E-state index in [0.29, 0.717) is 0 Å². The summed E-state index contributed by atoms with van der Waals surface area (Å²) in [5.74, 6) is 5.21. The Kier molecular flexibility index (Phi) is 2.69. The first kappa shape index (κ1) is 8.76. The zero-order chi connectivity index (χ0) is 8.32. The van der Waals surface area contributed by atoms with Gasteiger partial charge in [0.1, 0.15) is 18.9 Å². The van der Waals surface area contributed by atoms with E-state index in [1.54, 1.807) is 0 Å². The van der Waals surface area contributed by atoms with Crippen LogP contribution in [0, 0.1) is 0 Å². The minimum Gasteiger partial charge on any atom is -0.487 e. The first-order chi connectivity index (χ1) is 5.08. The number of quaternary nitrogens is 1. The normalized spacial score (nSPS) is 17.2. The molecule has 0 aliphatic carbocycles. The van der Waals surface area contributed by atoms with Crippen LogP contribution in [0.4, 0.5) is 0 Å². The van der Waals surface area contributed by atoms with Crippen LogP contribution in [-0.2, 0) is 4.74 Å². The van der Waals surface area contributed by atoms with Crippen LogP contribution in [-0.4, -0.2) is 44.6 Å². The van der Waals surface area contributed by atoms with Gasteiger partial charge in [0.2, 0.25) is 0 Å². The second-order valence-electron chi connectivity index (χ2n) is 3.67. The van der Waals surface area contributed by atoms with Crippen LogP contribution < -0.4 is 0 Å². The average Bonchev–Trinajstić information content (AvgIpc) is 1.73. The lowest BCUT2D eigenvalue weighted by molar-refractivity contribution is -0.870. The zero-order valence-corrected chi connectivity index (χ0v) is 8.27. The topological polar surface area (TPSA) is 9.23 Å². The van der Waals surface area contributed by atoms with E-state index in [4.69, 9.17) is 4.74 Å². The van der Waals surface area contributed by atoms with Gasteiger partial charge in [0.25, 0.3) is 0 Å². The molecule has 0 aromatic heterocycles. The van der Waals surface area contributed by atoms with E-state index in [9.17, 15) is 0 Å². The Morgan fingerprint density at radius 3 is 2.45 bits per heavy atom. The molecule has 0 bridgehead atoms. The van der Waals surface area contributed by atoms with Crippen molar-refractivity contribution in [2.75, 3.05) is 34.3 Å². The van der Waals surface area contributed by atoms with E-state index >= 15 is 0 Å². The van der Waals surface area contributed by atoms with Crippen molar-refractivity contribution < 1.29 is 9.22 Å². The predicted octanol–water partition coefficient (Wildman–Crippen LogP) is 1.31. The summed E-state index contributed by atoms with van der Waals surface area (Å²) in [5.41, 5.74) is 0. The molecule has 1 rings (SSSR count). The fraction of sp³-hybridized carbons (Fsp3) is 0.625. The quantitative estimate of drug-likeness (QED) is 0.459. The molecule has 0 saturated carbocycles. The molecule has 0 unspecified atom stereocenters. The first-order valence-corrected chi connectivity index (χ1v) is 4.78. The number of likely N-dealkylation sites (N-methyl/N-ethyl adjacent to an activating group) is 1. The molecule has 0 spiro atoms. The van der Waals surface area contributed by atoms with Gasteiger partial charge in [0, 0.05) is 11.6 Å². The van der Waals surface area contributed by atoms with E-state index in [1.165, 1.54) is 8.20 Å². The van der Waals surface area contributed by atoms with Crippen molar-refractivity contribution in [1.29, 1.82) is 0 Å². The molecule has 0 radical (unpaired) electrons. The Morgan fingerprint density at radius 2 is 2.09 bits per heavy atom. The molecule has 1 heterocycles. The van der Waals surface area contributed by atoms with Crippen molar-refractivity contribution in [3.63, 3.8) is 0 Å². The summed E-state index contributed by atoms with van der Waals surface area (Å²) in [7, 11) is 7.79. The largest absolute Gasteiger partial charge is 0.487 e. The van der Waals surface area contributed by atoms with Crippen molar-refractivity contribution >= 4 is 14.0 Å². The molecule has 0 aromatic carbocycles. The van der Waals surface area contributed by atoms with Gasteiger partial charge in [-0.15, -0.1) is 0 Å². The maximum Gasteiger partial charge on any atom is 0.137 e. The Hall–Kier alpha value is -0.330. The van der Waals surface area contributed by atoms with Crippen LogP contribution in [0.25, 0.3) is 0 Å². The standard InChI is InChI=1S/C8H15NOP/c1-9(2,3)4-5-10-8-6-11-7-8/h6-7H,4-5H2,1-3H3/q+1. The van der Waals surface area contributed by atoms with Crippen LogP contribution >= 0.6 is 8.20 Å². The van der Waals surface area contributed by atoms with Crippen LogP contribution in [0.1, 0.15) is 0 Å². The third-order valence-corrected chi connectivity index (χ3v) is 2.24. The highest BCUT2D eigenvalue weighted by Gasteiger charge is 2.07. The van der Waals surface area contributed by atoms with Gasteiger partial charge in [-0.05, 0) is 0 Å². The summed E-state index contributed by atoms with van der Waals surface area (Å²) in [6, 6.07) is 0. The first-order valence-electron chi connectivity index (χ1n) is 3.74. The predicted molar refractivity (Wildman–Crippen MR) is 49.9 cm³/mol. The third-order valence-electron chi connectivity index (χ3n) is 1.43. The third kappa shape index (κ3) is 3.54. The molecule has 1 aliphatic rings. The van der Waals surface area contributed by atoms with E-state index in [-0.39, 0.29) is 0 Å². The molecular weight excluding hydrogens is 157 g/mol. The fourth-order valence-electron chi connectivity index (χ4n) is 0.647. The summed E-state index contributed by atoms with van der Waals surface area (Å²) in [6.07, 6.45) is 0. The number of ether oxygens (including phenoxy) is 1. The molecule has 0 atom stereocenters. The molecule has 0 saturated heterocycles. The SMILES string of the molecule is C[N+](C)(C)CCOC1=CP=C1. The van der Waals surface area contributed by atoms with E-state index < -0.39 is 0 Å². The van der Waals surface area contributed by atoms with Gasteiger partial charge >= 0.3 is 0 Å². The number of allylic oxidation sites excluding steroid dienone is 1. The van der Waals surface area contributed by atoms with Gasteiger partial charge in [0.05, 0.1) is 21.1 Å². The summed E-state index contributed by atoms with van der Waals surface area (Å²) in [6.45, 7) is 1.88. The summed E-state index contributed by atoms with van der Waals surface area (Å²) < 4.78 is 6.40. The van der Waals surface area contributed by atoms with Crippen molar-refractivity contribution in [1.82, 2.24) is 0 Å². The Morgan fingerprint density at radius 1 is 1.45 bits per heavy atom. The smallest absolute Gasteiger partial charge is 0.137 e. The van der Waals surface area contributed by atoms with E-state index in [1.807, 2.05) is 0 Å². The van der Waals surface area contributed by atoms with Gasteiger partial charge in [-0.2, -0.15) is 0 Å². The molecule has 2 nitrogen and oxygen atoms in total. The van der Waals surface area contributed by atoms with E-state index in [0.717, 1.165) is 23.4 Å². The maximum absolute atomic E-state index is 5.44. The Balaban J connectivity index is 2.05. The van der Waals surface area contributed by atoms with Crippen LogP contribution in [0.3, 0.4) is 0 Å². The van der Waals surface area contributed by atoms with Crippen LogP contribution in [0.2, 0.25) is 0 Å². The summed E-state index contributed by atoms with van der Waals surface area (Å²) in [5, 5.41) is 0. The fourth-order valence-corrected chi connectivity index (χ4v) is 1.07. The summed E-state index contributed by atoms with van der Waals surface area (Å²) >= 11 is 0. The number of hydrogen-bond acceptors (Lipinski definition) is 1. The molecule has 1 aliphatic heterocycles. The number of hydrogen-bond donors (Lipinski definition) is 0. The minimum absolute atomic E-state index is 0.821. The lowest BCUT2D eigenvalue weighted by atomic mass is 10.5. The van der Waals surface area contributed by atoms with E-state index in [2.05, 4.69) is 32.8 Å². The zero-order valence-electron chi connectivity index (χ0n) is 7.37.